The van der Waals surface area contributed by atoms with Gasteiger partial charge in [-0.05, 0) is 42.5 Å². The van der Waals surface area contributed by atoms with Crippen molar-refractivity contribution in [2.45, 2.75) is 49.9 Å². The van der Waals surface area contributed by atoms with Crippen molar-refractivity contribution >= 4 is 23.7 Å². The van der Waals surface area contributed by atoms with Crippen LogP contribution in [0.5, 0.6) is 5.75 Å². The fourth-order valence-electron chi connectivity index (χ4n) is 4.26. The Morgan fingerprint density at radius 1 is 0.919 bits per heavy atom. The van der Waals surface area contributed by atoms with Gasteiger partial charge in [0, 0.05) is 13.0 Å². The van der Waals surface area contributed by atoms with Crippen molar-refractivity contribution in [3.05, 3.63) is 65.7 Å². The zero-order valence-electron chi connectivity index (χ0n) is 20.2. The summed E-state index contributed by atoms with van der Waals surface area (Å²) in [6.45, 7) is -0.530. The molecule has 37 heavy (non-hydrogen) atoms. The van der Waals surface area contributed by atoms with Crippen LogP contribution in [-0.2, 0) is 32.0 Å². The molecule has 0 saturated carbocycles. The molecule has 2 aromatic rings. The summed E-state index contributed by atoms with van der Waals surface area (Å²) < 4.78 is 0. The molecule has 11 nitrogen and oxygen atoms in total. The van der Waals surface area contributed by atoms with Gasteiger partial charge in [0.2, 0.25) is 17.7 Å². The summed E-state index contributed by atoms with van der Waals surface area (Å²) in [6, 6.07) is 10.7. The number of nitrogens with one attached hydrogen (secondary N) is 2. The minimum absolute atomic E-state index is 0.0814. The summed E-state index contributed by atoms with van der Waals surface area (Å²) in [5.41, 5.74) is 7.53. The lowest BCUT2D eigenvalue weighted by Crippen LogP contribution is -2.58. The highest BCUT2D eigenvalue weighted by Crippen LogP contribution is 2.18. The van der Waals surface area contributed by atoms with E-state index in [4.69, 9.17) is 5.73 Å². The van der Waals surface area contributed by atoms with Gasteiger partial charge in [-0.1, -0.05) is 42.5 Å². The minimum Gasteiger partial charge on any atom is -0.508 e. The quantitative estimate of drug-likeness (QED) is 0.234. The molecular weight excluding hydrogens is 480 g/mol. The van der Waals surface area contributed by atoms with Crippen LogP contribution in [0, 0.1) is 0 Å². The summed E-state index contributed by atoms with van der Waals surface area (Å²) in [6.07, 6.45) is 1.05. The number of phenols is 1. The van der Waals surface area contributed by atoms with Crippen LogP contribution in [0.3, 0.4) is 0 Å². The van der Waals surface area contributed by atoms with Crippen LogP contribution in [0.2, 0.25) is 0 Å². The number of aliphatic carboxylic acids is 1. The number of carboxylic acid groups (broad SMARTS) is 1. The standard InChI is InChI=1S/C26H32N4O7/c27-19(13-17-8-10-18(32)11-9-17)23(33)28-20(14-16-5-2-1-3-6-16)24(34)29-21(15-31)25(35)30-12-4-7-22(30)26(36)37/h1-3,5-6,8-11,19-22,31-32H,4,7,12-15,27H2,(H,28,33)(H,29,34)(H,36,37). The molecule has 1 fully saturated rings. The highest BCUT2D eigenvalue weighted by molar-refractivity contribution is 5.94. The number of carbonyl (C=O) groups excluding carboxylic acids is 3. The van der Waals surface area contributed by atoms with Crippen LogP contribution >= 0.6 is 0 Å². The van der Waals surface area contributed by atoms with Crippen LogP contribution in [0.25, 0.3) is 0 Å². The predicted octanol–water partition coefficient (Wildman–Crippen LogP) is -0.458. The Bertz CT molecular complexity index is 1090. The Kier molecular flexibility index (Phi) is 9.58. The van der Waals surface area contributed by atoms with Crippen LogP contribution in [-0.4, -0.2) is 81.2 Å². The minimum atomic E-state index is -1.37. The monoisotopic (exact) mass is 512 g/mol. The molecule has 0 bridgehead atoms. The number of likely N-dealkylation sites (tertiary alicyclic amines) is 1. The molecule has 7 N–H and O–H groups in total. The Balaban J connectivity index is 1.72. The maximum absolute atomic E-state index is 13.2. The van der Waals surface area contributed by atoms with Crippen molar-refractivity contribution in [1.82, 2.24) is 15.5 Å². The van der Waals surface area contributed by atoms with Crippen LogP contribution in [0.15, 0.2) is 54.6 Å². The van der Waals surface area contributed by atoms with Crippen molar-refractivity contribution in [1.29, 1.82) is 0 Å². The Morgan fingerprint density at radius 3 is 2.16 bits per heavy atom. The number of nitrogens with zero attached hydrogens (tertiary/aromatic N) is 1. The first-order chi connectivity index (χ1) is 17.7. The molecule has 0 radical (unpaired) electrons. The van der Waals surface area contributed by atoms with Gasteiger partial charge in [-0.25, -0.2) is 4.79 Å². The second-order valence-corrected chi connectivity index (χ2v) is 9.00. The van der Waals surface area contributed by atoms with E-state index in [1.165, 1.54) is 12.1 Å². The summed E-state index contributed by atoms with van der Waals surface area (Å²) in [5, 5.41) is 33.7. The second kappa shape index (κ2) is 12.8. The zero-order valence-corrected chi connectivity index (χ0v) is 20.2. The van der Waals surface area contributed by atoms with E-state index in [-0.39, 0.29) is 25.1 Å². The lowest BCUT2D eigenvalue weighted by atomic mass is 10.0. The maximum Gasteiger partial charge on any atom is 0.326 e. The molecule has 1 heterocycles. The van der Waals surface area contributed by atoms with E-state index in [1.54, 1.807) is 42.5 Å². The zero-order chi connectivity index (χ0) is 26.9. The van der Waals surface area contributed by atoms with Gasteiger partial charge in [0.05, 0.1) is 12.6 Å². The van der Waals surface area contributed by atoms with E-state index in [0.29, 0.717) is 18.4 Å². The fourth-order valence-corrected chi connectivity index (χ4v) is 4.26. The van der Waals surface area contributed by atoms with Gasteiger partial charge >= 0.3 is 5.97 Å². The molecule has 0 spiro atoms. The number of hydrogen-bond donors (Lipinski definition) is 6. The SMILES string of the molecule is NC(Cc1ccc(O)cc1)C(=O)NC(Cc1ccccc1)C(=O)NC(CO)C(=O)N1CCCC1C(=O)O. The number of carboxylic acids is 1. The van der Waals surface area contributed by atoms with Gasteiger partial charge in [-0.2, -0.15) is 0 Å². The number of aliphatic hydroxyl groups is 1. The molecule has 3 rings (SSSR count). The van der Waals surface area contributed by atoms with E-state index in [1.807, 2.05) is 0 Å². The number of aliphatic hydroxyl groups excluding tert-OH is 1. The molecule has 0 aromatic heterocycles. The number of aromatic hydroxyl groups is 1. The lowest BCUT2D eigenvalue weighted by Gasteiger charge is -2.28. The van der Waals surface area contributed by atoms with Gasteiger partial charge in [0.25, 0.3) is 0 Å². The van der Waals surface area contributed by atoms with Crippen LogP contribution < -0.4 is 16.4 Å². The third kappa shape index (κ3) is 7.51. The second-order valence-electron chi connectivity index (χ2n) is 9.00. The number of nitrogens with two attached hydrogens (primary N) is 1. The van der Waals surface area contributed by atoms with E-state index < -0.39 is 54.5 Å². The lowest BCUT2D eigenvalue weighted by molar-refractivity contribution is -0.150. The molecular formula is C26H32N4O7. The van der Waals surface area contributed by atoms with Gasteiger partial charge in [0.1, 0.15) is 23.9 Å². The number of phenolic OH excluding ortho intramolecular Hbond substituents is 1. The summed E-state index contributed by atoms with van der Waals surface area (Å²) in [4.78, 5) is 51.6. The molecule has 0 aliphatic carbocycles. The Labute approximate surface area is 214 Å². The fraction of sp³-hybridized carbons (Fsp3) is 0.385. The summed E-state index contributed by atoms with van der Waals surface area (Å²) >= 11 is 0. The van der Waals surface area contributed by atoms with Crippen molar-refractivity contribution in [3.8, 4) is 5.75 Å². The average molecular weight is 513 g/mol. The number of hydrogen-bond acceptors (Lipinski definition) is 7. The molecule has 4 atom stereocenters. The van der Waals surface area contributed by atoms with E-state index in [0.717, 1.165) is 10.5 Å². The molecule has 2 aromatic carbocycles. The molecule has 1 saturated heterocycles. The molecule has 1 aliphatic heterocycles. The van der Waals surface area contributed by atoms with Crippen LogP contribution in [0.4, 0.5) is 0 Å². The maximum atomic E-state index is 13.2. The number of amides is 3. The molecule has 198 valence electrons. The first-order valence-corrected chi connectivity index (χ1v) is 12.0. The van der Waals surface area contributed by atoms with Crippen LogP contribution in [0.1, 0.15) is 24.0 Å². The van der Waals surface area contributed by atoms with Crippen molar-refractivity contribution in [2.75, 3.05) is 13.2 Å². The van der Waals surface area contributed by atoms with E-state index in [9.17, 15) is 34.5 Å². The normalized spacial score (nSPS) is 17.5. The first-order valence-electron chi connectivity index (χ1n) is 12.0. The van der Waals surface area contributed by atoms with Crippen molar-refractivity contribution in [2.24, 2.45) is 5.73 Å². The number of carbonyl (C=O) groups is 4. The van der Waals surface area contributed by atoms with Gasteiger partial charge < -0.3 is 36.6 Å². The molecule has 1 aliphatic rings. The third-order valence-corrected chi connectivity index (χ3v) is 6.26. The predicted molar refractivity (Wildman–Crippen MR) is 133 cm³/mol. The topological polar surface area (TPSA) is 182 Å². The highest BCUT2D eigenvalue weighted by atomic mass is 16.4. The molecule has 4 unspecified atom stereocenters. The van der Waals surface area contributed by atoms with E-state index >= 15 is 0 Å². The van der Waals surface area contributed by atoms with Crippen molar-refractivity contribution < 1.29 is 34.5 Å². The van der Waals surface area contributed by atoms with Crippen molar-refractivity contribution in [3.63, 3.8) is 0 Å². The van der Waals surface area contributed by atoms with Gasteiger partial charge in [-0.3, -0.25) is 14.4 Å². The summed E-state index contributed by atoms with van der Waals surface area (Å²) in [5.74, 6) is -3.08. The van der Waals surface area contributed by atoms with Gasteiger partial charge in [0.15, 0.2) is 0 Å². The average Bonchev–Trinajstić information content (AvgIpc) is 3.39. The number of rotatable bonds is 11. The molecule has 3 amide bonds. The first kappa shape index (κ1) is 27.6. The number of benzene rings is 2. The van der Waals surface area contributed by atoms with E-state index in [2.05, 4.69) is 10.6 Å². The molecule has 11 heteroatoms. The van der Waals surface area contributed by atoms with Gasteiger partial charge in [-0.15, -0.1) is 0 Å². The largest absolute Gasteiger partial charge is 0.508 e. The Hall–Kier alpha value is -3.96. The third-order valence-electron chi connectivity index (χ3n) is 6.26. The highest BCUT2D eigenvalue weighted by Gasteiger charge is 2.38. The summed E-state index contributed by atoms with van der Waals surface area (Å²) in [7, 11) is 0. The Morgan fingerprint density at radius 2 is 1.54 bits per heavy atom. The smallest absolute Gasteiger partial charge is 0.326 e.